The molecule has 2 rings (SSSR count). The summed E-state index contributed by atoms with van der Waals surface area (Å²) in [5.41, 5.74) is 1.46. The average Bonchev–Trinajstić information content (AvgIpc) is 2.96. The summed E-state index contributed by atoms with van der Waals surface area (Å²) in [6.07, 6.45) is 4.94. The Morgan fingerprint density at radius 2 is 1.40 bits per heavy atom. The fourth-order valence-electron chi connectivity index (χ4n) is 3.47. The number of carbonyl (C=O) groups excluding carboxylic acids is 2. The van der Waals surface area contributed by atoms with Crippen molar-refractivity contribution in [3.05, 3.63) is 103 Å². The molecule has 2 aromatic rings. The van der Waals surface area contributed by atoms with Crippen molar-refractivity contribution < 1.29 is 38.4 Å². The summed E-state index contributed by atoms with van der Waals surface area (Å²) >= 11 is 3.51. The first-order valence-corrected chi connectivity index (χ1v) is 13.1. The Morgan fingerprint density at radius 3 is 1.93 bits per heavy atom. The summed E-state index contributed by atoms with van der Waals surface area (Å²) < 4.78 is 27.4. The quantitative estimate of drug-likeness (QED) is 0.131. The fourth-order valence-corrected chi connectivity index (χ4v) is 3.93. The number of amides is 1. The van der Waals surface area contributed by atoms with Gasteiger partial charge in [0.25, 0.3) is 0 Å². The van der Waals surface area contributed by atoms with Crippen LogP contribution in [0.15, 0.2) is 91.5 Å². The molecule has 0 heterocycles. The van der Waals surface area contributed by atoms with Gasteiger partial charge in [0.1, 0.15) is 48.1 Å². The van der Waals surface area contributed by atoms with Crippen molar-refractivity contribution in [2.75, 3.05) is 33.0 Å². The molecule has 0 aliphatic carbocycles. The van der Waals surface area contributed by atoms with Gasteiger partial charge in [0, 0.05) is 6.54 Å². The number of rotatable bonds is 17. The van der Waals surface area contributed by atoms with E-state index < -0.39 is 18.3 Å². The number of hydrogen-bond donors (Lipinski definition) is 1. The molecule has 0 aliphatic heterocycles. The Balaban J connectivity index is 2.32. The van der Waals surface area contributed by atoms with E-state index in [1.54, 1.807) is 48.6 Å². The predicted octanol–water partition coefficient (Wildman–Crippen LogP) is 6.01. The molecule has 0 aromatic heterocycles. The molecule has 1 atom stereocenters. The summed E-state index contributed by atoms with van der Waals surface area (Å²) in [6, 6.07) is 9.55. The predicted molar refractivity (Wildman–Crippen MR) is 156 cm³/mol. The van der Waals surface area contributed by atoms with E-state index in [9.17, 15) is 14.7 Å². The second kappa shape index (κ2) is 17.5. The summed E-state index contributed by atoms with van der Waals surface area (Å²) in [7, 11) is 0. The first kappa shape index (κ1) is 32.2. The highest BCUT2D eigenvalue weighted by Gasteiger charge is 2.26. The van der Waals surface area contributed by atoms with Crippen LogP contribution in [0, 0.1) is 0 Å². The fraction of sp³-hybridized carbons (Fsp3) is 0.267. The second-order valence-electron chi connectivity index (χ2n) is 8.24. The van der Waals surface area contributed by atoms with Crippen LogP contribution in [0.25, 0.3) is 0 Å². The van der Waals surface area contributed by atoms with Crippen molar-refractivity contribution in [2.24, 2.45) is 0 Å². The van der Waals surface area contributed by atoms with Crippen LogP contribution in [-0.2, 0) is 22.4 Å². The number of halogens is 1. The Bertz CT molecular complexity index is 1130. The molecule has 40 heavy (non-hydrogen) atoms. The maximum Gasteiger partial charge on any atom is 0.514 e. The molecule has 1 amide bonds. The SMILES string of the molecule is C=CCOC(=O)Oc1ccc(CC(CO)N(Cc2cc(OCC=C)c(Br)c(OCC=C)c2)C(=O)OCC=C)cc1. The molecule has 1 N–H and O–H groups in total. The number of ether oxygens (including phenoxy) is 5. The highest BCUT2D eigenvalue weighted by atomic mass is 79.9. The van der Waals surface area contributed by atoms with Gasteiger partial charge in [0.15, 0.2) is 0 Å². The number of aliphatic hydroxyl groups excluding tert-OH is 1. The molecule has 0 saturated carbocycles. The minimum absolute atomic E-state index is 0.00318. The molecule has 214 valence electrons. The van der Waals surface area contributed by atoms with Crippen molar-refractivity contribution in [3.8, 4) is 17.2 Å². The molecule has 0 radical (unpaired) electrons. The number of nitrogens with zero attached hydrogens (tertiary/aromatic N) is 1. The van der Waals surface area contributed by atoms with E-state index in [1.165, 1.54) is 17.1 Å². The monoisotopic (exact) mass is 615 g/mol. The lowest BCUT2D eigenvalue weighted by atomic mass is 10.0. The van der Waals surface area contributed by atoms with E-state index in [0.29, 0.717) is 21.5 Å². The lowest BCUT2D eigenvalue weighted by molar-refractivity contribution is 0.0716. The number of benzene rings is 2. The van der Waals surface area contributed by atoms with Gasteiger partial charge in [0.2, 0.25) is 0 Å². The van der Waals surface area contributed by atoms with Crippen LogP contribution < -0.4 is 14.2 Å². The van der Waals surface area contributed by atoms with Crippen molar-refractivity contribution in [1.29, 1.82) is 0 Å². The molecule has 10 heteroatoms. The highest BCUT2D eigenvalue weighted by Crippen LogP contribution is 2.37. The maximum absolute atomic E-state index is 13.1. The number of hydrogen-bond acceptors (Lipinski definition) is 8. The summed E-state index contributed by atoms with van der Waals surface area (Å²) in [6.45, 7) is 14.7. The van der Waals surface area contributed by atoms with Gasteiger partial charge < -0.3 is 28.8 Å². The molecule has 0 bridgehead atoms. The first-order chi connectivity index (χ1) is 19.4. The lowest BCUT2D eigenvalue weighted by Gasteiger charge is -2.30. The zero-order valence-electron chi connectivity index (χ0n) is 22.3. The molecule has 0 spiro atoms. The lowest BCUT2D eigenvalue weighted by Crippen LogP contribution is -2.43. The third-order valence-corrected chi connectivity index (χ3v) is 6.04. The van der Waals surface area contributed by atoms with E-state index in [2.05, 4.69) is 42.2 Å². The molecule has 0 aliphatic rings. The molecular weight excluding hydrogens is 582 g/mol. The molecule has 2 aromatic carbocycles. The molecular formula is C30H34BrNO8. The van der Waals surface area contributed by atoms with Gasteiger partial charge in [-0.3, -0.25) is 4.90 Å². The van der Waals surface area contributed by atoms with Gasteiger partial charge in [-0.2, -0.15) is 0 Å². The van der Waals surface area contributed by atoms with Gasteiger partial charge in [0.05, 0.1) is 12.6 Å². The van der Waals surface area contributed by atoms with Crippen LogP contribution in [0.3, 0.4) is 0 Å². The highest BCUT2D eigenvalue weighted by molar-refractivity contribution is 9.10. The van der Waals surface area contributed by atoms with E-state index in [-0.39, 0.29) is 51.7 Å². The largest absolute Gasteiger partial charge is 0.514 e. The third-order valence-electron chi connectivity index (χ3n) is 5.26. The molecule has 0 fully saturated rings. The van der Waals surface area contributed by atoms with Gasteiger partial charge in [-0.15, -0.1) is 0 Å². The maximum atomic E-state index is 13.1. The van der Waals surface area contributed by atoms with Gasteiger partial charge >= 0.3 is 12.2 Å². The Hall–Kier alpha value is -4.02. The Labute approximate surface area is 243 Å². The van der Waals surface area contributed by atoms with Gasteiger partial charge in [-0.1, -0.05) is 62.8 Å². The van der Waals surface area contributed by atoms with E-state index in [4.69, 9.17) is 23.7 Å². The number of carbonyl (C=O) groups is 2. The van der Waals surface area contributed by atoms with Crippen LogP contribution in [0.4, 0.5) is 9.59 Å². The zero-order chi connectivity index (χ0) is 29.3. The van der Waals surface area contributed by atoms with Crippen LogP contribution >= 0.6 is 15.9 Å². The standard InChI is InChI=1S/C30H34BrNO8/c1-5-13-36-26-18-23(19-27(28(26)31)37-14-6-2)20-32(29(34)38-15-7-3)24(21-33)17-22-9-11-25(12-10-22)40-30(35)39-16-8-4/h5-12,18-19,24,33H,1-4,13-17,20-21H2. The molecule has 1 unspecified atom stereocenters. The van der Waals surface area contributed by atoms with E-state index in [0.717, 1.165) is 5.56 Å². The van der Waals surface area contributed by atoms with Crippen molar-refractivity contribution in [1.82, 2.24) is 4.90 Å². The van der Waals surface area contributed by atoms with Crippen molar-refractivity contribution >= 4 is 28.2 Å². The van der Waals surface area contributed by atoms with Crippen LogP contribution in [0.5, 0.6) is 17.2 Å². The minimum Gasteiger partial charge on any atom is -0.488 e. The topological polar surface area (TPSA) is 104 Å². The summed E-state index contributed by atoms with van der Waals surface area (Å²) in [5, 5.41) is 10.3. The average molecular weight is 617 g/mol. The van der Waals surface area contributed by atoms with Crippen LogP contribution in [0.1, 0.15) is 11.1 Å². The van der Waals surface area contributed by atoms with E-state index in [1.807, 2.05) is 0 Å². The van der Waals surface area contributed by atoms with Crippen LogP contribution in [0.2, 0.25) is 0 Å². The van der Waals surface area contributed by atoms with E-state index >= 15 is 0 Å². The Kier molecular flexibility index (Phi) is 14.1. The third kappa shape index (κ3) is 10.3. The van der Waals surface area contributed by atoms with Crippen molar-refractivity contribution in [3.63, 3.8) is 0 Å². The minimum atomic E-state index is -0.848. The first-order valence-electron chi connectivity index (χ1n) is 12.4. The smallest absolute Gasteiger partial charge is 0.488 e. The Morgan fingerprint density at radius 1 is 0.850 bits per heavy atom. The zero-order valence-corrected chi connectivity index (χ0v) is 23.8. The van der Waals surface area contributed by atoms with Gasteiger partial charge in [-0.25, -0.2) is 9.59 Å². The second-order valence-corrected chi connectivity index (χ2v) is 9.03. The van der Waals surface area contributed by atoms with Crippen LogP contribution in [-0.4, -0.2) is 61.3 Å². The van der Waals surface area contributed by atoms with Gasteiger partial charge in [-0.05, 0) is 57.7 Å². The summed E-state index contributed by atoms with van der Waals surface area (Å²) in [5.74, 6) is 1.28. The normalized spacial score (nSPS) is 10.9. The van der Waals surface area contributed by atoms with Crippen molar-refractivity contribution in [2.45, 2.75) is 19.0 Å². The molecule has 0 saturated heterocycles. The number of aliphatic hydroxyl groups is 1. The summed E-state index contributed by atoms with van der Waals surface area (Å²) in [4.78, 5) is 26.2. The molecule has 9 nitrogen and oxygen atoms in total.